The number of hydrogen-bond acceptors (Lipinski definition) is 3. The number of amides is 1. The maximum Gasteiger partial charge on any atom is 0.411 e. The topological polar surface area (TPSA) is 66.8 Å². The highest BCUT2D eigenvalue weighted by Crippen LogP contribution is 2.14. The Balaban J connectivity index is 4.15. The molecule has 0 bridgehead atoms. The lowest BCUT2D eigenvalue weighted by molar-refractivity contribution is -0.178. The van der Waals surface area contributed by atoms with Crippen LogP contribution in [-0.2, 0) is 14.3 Å². The average molecular weight is 285 g/mol. The van der Waals surface area contributed by atoms with E-state index in [-0.39, 0.29) is 25.4 Å². The first-order valence-electron chi connectivity index (χ1n) is 5.79. The third-order valence-electron chi connectivity index (χ3n) is 2.22. The molecule has 0 saturated heterocycles. The lowest BCUT2D eigenvalue weighted by Crippen LogP contribution is -2.40. The molecule has 1 amide bonds. The highest BCUT2D eigenvalue weighted by atomic mass is 19.4. The first kappa shape index (κ1) is 17.7. The predicted octanol–water partition coefficient (Wildman–Crippen LogP) is 1.67. The second kappa shape index (κ2) is 7.98. The zero-order valence-corrected chi connectivity index (χ0v) is 10.9. The Morgan fingerprint density at radius 3 is 2.32 bits per heavy atom. The lowest BCUT2D eigenvalue weighted by atomic mass is 10.2. The first-order valence-corrected chi connectivity index (χ1v) is 5.79. The number of carbonyl (C=O) groups excluding carboxylic acids is 1. The molecule has 0 aromatic carbocycles. The van der Waals surface area contributed by atoms with Gasteiger partial charge < -0.3 is 14.7 Å². The Hall–Kier alpha value is -1.31. The molecular weight excluding hydrogens is 267 g/mol. The Labute approximate surface area is 109 Å². The van der Waals surface area contributed by atoms with E-state index in [0.717, 1.165) is 0 Å². The SMILES string of the molecule is CC(C)N(CCCC(=O)O)C(=O)COCC(F)(F)F. The van der Waals surface area contributed by atoms with Crippen molar-refractivity contribution >= 4 is 11.9 Å². The van der Waals surface area contributed by atoms with E-state index in [4.69, 9.17) is 5.11 Å². The number of aliphatic carboxylic acids is 1. The number of hydrogen-bond donors (Lipinski definition) is 1. The van der Waals surface area contributed by atoms with Crippen LogP contribution in [0.15, 0.2) is 0 Å². The van der Waals surface area contributed by atoms with E-state index in [0.29, 0.717) is 0 Å². The molecule has 0 radical (unpaired) electrons. The molecule has 0 unspecified atom stereocenters. The highest BCUT2D eigenvalue weighted by Gasteiger charge is 2.28. The van der Waals surface area contributed by atoms with Crippen LogP contribution in [0.3, 0.4) is 0 Å². The van der Waals surface area contributed by atoms with E-state index in [1.54, 1.807) is 13.8 Å². The molecule has 0 aromatic rings. The van der Waals surface area contributed by atoms with Crippen LogP contribution in [0.4, 0.5) is 13.2 Å². The average Bonchev–Trinajstić information content (AvgIpc) is 2.21. The third kappa shape index (κ3) is 9.29. The fraction of sp³-hybridized carbons (Fsp3) is 0.818. The molecule has 0 saturated carbocycles. The molecule has 0 aliphatic rings. The molecular formula is C11H18F3NO4. The quantitative estimate of drug-likeness (QED) is 0.736. The molecule has 5 nitrogen and oxygen atoms in total. The van der Waals surface area contributed by atoms with Crippen molar-refractivity contribution in [2.75, 3.05) is 19.8 Å². The summed E-state index contributed by atoms with van der Waals surface area (Å²) in [6.07, 6.45) is -4.31. The molecule has 0 fully saturated rings. The minimum atomic E-state index is -4.47. The fourth-order valence-electron chi connectivity index (χ4n) is 1.41. The summed E-state index contributed by atoms with van der Waals surface area (Å²) < 4.78 is 39.8. The van der Waals surface area contributed by atoms with Crippen molar-refractivity contribution in [2.24, 2.45) is 0 Å². The van der Waals surface area contributed by atoms with Crippen LogP contribution in [0.5, 0.6) is 0 Å². The number of halogens is 3. The van der Waals surface area contributed by atoms with Gasteiger partial charge in [0.25, 0.3) is 0 Å². The van der Waals surface area contributed by atoms with Crippen LogP contribution in [-0.4, -0.2) is 53.9 Å². The molecule has 0 spiro atoms. The normalized spacial score (nSPS) is 11.7. The van der Waals surface area contributed by atoms with Crippen LogP contribution >= 0.6 is 0 Å². The molecule has 0 rings (SSSR count). The first-order chi connectivity index (χ1) is 8.63. The second-order valence-corrected chi connectivity index (χ2v) is 4.29. The van der Waals surface area contributed by atoms with Crippen molar-refractivity contribution in [3.8, 4) is 0 Å². The molecule has 112 valence electrons. The second-order valence-electron chi connectivity index (χ2n) is 4.29. The fourth-order valence-corrected chi connectivity index (χ4v) is 1.41. The van der Waals surface area contributed by atoms with Crippen molar-refractivity contribution in [1.82, 2.24) is 4.90 Å². The van der Waals surface area contributed by atoms with Gasteiger partial charge in [-0.3, -0.25) is 9.59 Å². The molecule has 0 atom stereocenters. The summed E-state index contributed by atoms with van der Waals surface area (Å²) in [5.74, 6) is -1.56. The third-order valence-corrected chi connectivity index (χ3v) is 2.22. The molecule has 0 aliphatic carbocycles. The summed E-state index contributed by atoms with van der Waals surface area (Å²) >= 11 is 0. The number of ether oxygens (including phenoxy) is 1. The molecule has 1 N–H and O–H groups in total. The maximum atomic E-state index is 11.8. The number of nitrogens with zero attached hydrogens (tertiary/aromatic N) is 1. The van der Waals surface area contributed by atoms with Gasteiger partial charge in [-0.05, 0) is 20.3 Å². The van der Waals surface area contributed by atoms with Crippen molar-refractivity contribution < 1.29 is 32.6 Å². The molecule has 0 heterocycles. The monoisotopic (exact) mass is 285 g/mol. The Bertz CT molecular complexity index is 305. The number of carbonyl (C=O) groups is 2. The van der Waals surface area contributed by atoms with Crippen molar-refractivity contribution in [3.63, 3.8) is 0 Å². The summed E-state index contributed by atoms with van der Waals surface area (Å²) in [7, 11) is 0. The largest absolute Gasteiger partial charge is 0.481 e. The Kier molecular flexibility index (Phi) is 7.43. The van der Waals surface area contributed by atoms with Crippen LogP contribution in [0.1, 0.15) is 26.7 Å². The lowest BCUT2D eigenvalue weighted by Gasteiger charge is -2.26. The van der Waals surface area contributed by atoms with Gasteiger partial charge in [0.05, 0.1) is 0 Å². The van der Waals surface area contributed by atoms with Gasteiger partial charge in [-0.2, -0.15) is 13.2 Å². The van der Waals surface area contributed by atoms with Crippen LogP contribution in [0, 0.1) is 0 Å². The van der Waals surface area contributed by atoms with Gasteiger partial charge in [-0.25, -0.2) is 0 Å². The van der Waals surface area contributed by atoms with Crippen LogP contribution in [0.2, 0.25) is 0 Å². The smallest absolute Gasteiger partial charge is 0.411 e. The summed E-state index contributed by atoms with van der Waals surface area (Å²) in [6, 6.07) is -0.226. The number of carboxylic acid groups (broad SMARTS) is 1. The zero-order valence-electron chi connectivity index (χ0n) is 10.9. The van der Waals surface area contributed by atoms with Gasteiger partial charge >= 0.3 is 12.1 Å². The standard InChI is InChI=1S/C11H18F3NO4/c1-8(2)15(5-3-4-10(17)18)9(16)6-19-7-11(12,13)14/h8H,3-7H2,1-2H3,(H,17,18). The van der Waals surface area contributed by atoms with Gasteiger partial charge in [-0.1, -0.05) is 0 Å². The van der Waals surface area contributed by atoms with Gasteiger partial charge in [0, 0.05) is 19.0 Å². The van der Waals surface area contributed by atoms with Gasteiger partial charge in [-0.15, -0.1) is 0 Å². The summed E-state index contributed by atoms with van der Waals surface area (Å²) in [6.45, 7) is 1.44. The van der Waals surface area contributed by atoms with Crippen molar-refractivity contribution in [3.05, 3.63) is 0 Å². The van der Waals surface area contributed by atoms with Crippen molar-refractivity contribution in [1.29, 1.82) is 0 Å². The number of rotatable bonds is 8. The minimum Gasteiger partial charge on any atom is -0.481 e. The van der Waals surface area contributed by atoms with E-state index in [1.807, 2.05) is 0 Å². The Morgan fingerprint density at radius 2 is 1.89 bits per heavy atom. The molecule has 0 aromatic heterocycles. The molecule has 8 heteroatoms. The Morgan fingerprint density at radius 1 is 1.32 bits per heavy atom. The summed E-state index contributed by atoms with van der Waals surface area (Å²) in [5, 5.41) is 8.48. The zero-order chi connectivity index (χ0) is 15.1. The van der Waals surface area contributed by atoms with E-state index in [9.17, 15) is 22.8 Å². The van der Waals surface area contributed by atoms with Crippen molar-refractivity contribution in [2.45, 2.75) is 38.9 Å². The summed E-state index contributed by atoms with van der Waals surface area (Å²) in [5.41, 5.74) is 0. The summed E-state index contributed by atoms with van der Waals surface area (Å²) in [4.78, 5) is 23.3. The molecule has 0 aliphatic heterocycles. The number of alkyl halides is 3. The number of carboxylic acids is 1. The van der Waals surface area contributed by atoms with E-state index in [1.165, 1.54) is 4.90 Å². The van der Waals surface area contributed by atoms with Gasteiger partial charge in [0.15, 0.2) is 0 Å². The predicted molar refractivity (Wildman–Crippen MR) is 60.6 cm³/mol. The van der Waals surface area contributed by atoms with E-state index in [2.05, 4.69) is 4.74 Å². The van der Waals surface area contributed by atoms with E-state index >= 15 is 0 Å². The van der Waals surface area contributed by atoms with Gasteiger partial charge in [0.2, 0.25) is 5.91 Å². The van der Waals surface area contributed by atoms with Crippen LogP contribution < -0.4 is 0 Å². The van der Waals surface area contributed by atoms with Crippen LogP contribution in [0.25, 0.3) is 0 Å². The maximum absolute atomic E-state index is 11.8. The van der Waals surface area contributed by atoms with E-state index < -0.39 is 31.3 Å². The van der Waals surface area contributed by atoms with Gasteiger partial charge in [0.1, 0.15) is 13.2 Å². The molecule has 19 heavy (non-hydrogen) atoms. The highest BCUT2D eigenvalue weighted by molar-refractivity contribution is 5.77. The minimum absolute atomic E-state index is 0.0973.